The van der Waals surface area contributed by atoms with Gasteiger partial charge in [0.25, 0.3) is 5.91 Å². The predicted molar refractivity (Wildman–Crippen MR) is 142 cm³/mol. The monoisotopic (exact) mass is 522 g/mol. The largest absolute Gasteiger partial charge is 0.383 e. The fraction of sp³-hybridized carbons (Fsp3) is 0.400. The molecule has 37 heavy (non-hydrogen) atoms. The van der Waals surface area contributed by atoms with Gasteiger partial charge in [0.15, 0.2) is 0 Å². The van der Waals surface area contributed by atoms with Crippen LogP contribution in [-0.2, 0) is 16.1 Å². The standard InChI is InChI=1S/C25H30N8O3S/c1-16-5-4-6-31(16)15-23(34)29-19-9-21(17(2)26-11-19)30-24(35)20-12-28-33-14-22(37-25(20)33)18-10-27-32(13-18)7-8-36-3/h9-14,16H,4-8,15H2,1-3H3,(H,29,34)(H,30,35)/t16-/m0/s1. The Morgan fingerprint density at radius 3 is 2.84 bits per heavy atom. The van der Waals surface area contributed by atoms with Gasteiger partial charge in [-0.25, -0.2) is 4.52 Å². The number of thiazole rings is 1. The van der Waals surface area contributed by atoms with E-state index in [-0.39, 0.29) is 11.8 Å². The molecule has 11 nitrogen and oxygen atoms in total. The molecule has 5 rings (SSSR count). The lowest BCUT2D eigenvalue weighted by molar-refractivity contribution is -0.117. The van der Waals surface area contributed by atoms with Crippen molar-refractivity contribution in [2.45, 2.75) is 39.3 Å². The number of carbonyl (C=O) groups is 2. The van der Waals surface area contributed by atoms with Gasteiger partial charge >= 0.3 is 0 Å². The minimum absolute atomic E-state index is 0.0910. The maximum absolute atomic E-state index is 13.2. The number of aromatic nitrogens is 5. The number of carbonyl (C=O) groups excluding carboxylic acids is 2. The third-order valence-corrected chi connectivity index (χ3v) is 7.70. The zero-order valence-corrected chi connectivity index (χ0v) is 21.9. The average molecular weight is 523 g/mol. The molecule has 0 bridgehead atoms. The van der Waals surface area contributed by atoms with Crippen molar-refractivity contribution in [3.05, 3.63) is 48.3 Å². The molecule has 1 aliphatic heterocycles. The molecule has 1 fully saturated rings. The number of hydrogen-bond acceptors (Lipinski definition) is 8. The molecule has 12 heteroatoms. The Balaban J connectivity index is 1.28. The summed E-state index contributed by atoms with van der Waals surface area (Å²) in [4.78, 5) is 34.0. The molecule has 4 aromatic heterocycles. The third-order valence-electron chi connectivity index (χ3n) is 6.54. The van der Waals surface area contributed by atoms with E-state index in [1.54, 1.807) is 36.3 Å². The zero-order chi connectivity index (χ0) is 25.9. The van der Waals surface area contributed by atoms with Crippen LogP contribution in [0.25, 0.3) is 15.3 Å². The Hall–Kier alpha value is -3.61. The van der Waals surface area contributed by atoms with E-state index in [0.29, 0.717) is 48.4 Å². The quantitative estimate of drug-likeness (QED) is 0.346. The number of likely N-dealkylation sites (tertiary alicyclic amines) is 1. The first-order chi connectivity index (χ1) is 17.9. The molecule has 0 unspecified atom stereocenters. The summed E-state index contributed by atoms with van der Waals surface area (Å²) in [7, 11) is 1.66. The average Bonchev–Trinajstić information content (AvgIpc) is 3.65. The Morgan fingerprint density at radius 1 is 1.19 bits per heavy atom. The van der Waals surface area contributed by atoms with Crippen molar-refractivity contribution in [3.8, 4) is 10.4 Å². The van der Waals surface area contributed by atoms with Crippen molar-refractivity contribution in [1.29, 1.82) is 0 Å². The van der Waals surface area contributed by atoms with E-state index in [9.17, 15) is 9.59 Å². The Morgan fingerprint density at radius 2 is 2.05 bits per heavy atom. The van der Waals surface area contributed by atoms with E-state index in [0.717, 1.165) is 34.7 Å². The van der Waals surface area contributed by atoms with Crippen LogP contribution in [0.15, 0.2) is 37.1 Å². The van der Waals surface area contributed by atoms with Crippen molar-refractivity contribution in [2.24, 2.45) is 0 Å². The summed E-state index contributed by atoms with van der Waals surface area (Å²) in [6.07, 6.45) is 11.0. The number of methoxy groups -OCH3 is 1. The summed E-state index contributed by atoms with van der Waals surface area (Å²) in [6.45, 7) is 6.47. The van der Waals surface area contributed by atoms with Crippen molar-refractivity contribution >= 4 is 39.4 Å². The Kier molecular flexibility index (Phi) is 7.31. The van der Waals surface area contributed by atoms with Gasteiger partial charge in [0.05, 0.1) is 65.8 Å². The SMILES string of the molecule is COCCn1cc(-c2cn3ncc(C(=O)Nc4cc(NC(=O)CN5CCC[C@@H]5C)cnc4C)c3s2)cn1. The van der Waals surface area contributed by atoms with Gasteiger partial charge in [0.2, 0.25) is 5.91 Å². The van der Waals surface area contributed by atoms with Crippen molar-refractivity contribution in [3.63, 3.8) is 0 Å². The number of pyridine rings is 1. The maximum atomic E-state index is 13.2. The highest BCUT2D eigenvalue weighted by molar-refractivity contribution is 7.21. The van der Waals surface area contributed by atoms with Crippen LogP contribution < -0.4 is 10.6 Å². The molecule has 2 N–H and O–H groups in total. The topological polar surface area (TPSA) is 119 Å². The molecule has 1 atom stereocenters. The smallest absolute Gasteiger partial charge is 0.260 e. The summed E-state index contributed by atoms with van der Waals surface area (Å²) in [5.74, 6) is -0.384. The first-order valence-electron chi connectivity index (χ1n) is 12.2. The van der Waals surface area contributed by atoms with E-state index in [2.05, 4.69) is 37.6 Å². The van der Waals surface area contributed by atoms with Crippen LogP contribution in [0.4, 0.5) is 11.4 Å². The molecule has 1 aliphatic rings. The van der Waals surface area contributed by atoms with Gasteiger partial charge in [-0.05, 0) is 39.3 Å². The molecule has 2 amide bonds. The molecule has 0 spiro atoms. The van der Waals surface area contributed by atoms with Crippen LogP contribution in [0.3, 0.4) is 0 Å². The second-order valence-corrected chi connectivity index (χ2v) is 10.2. The van der Waals surface area contributed by atoms with Crippen LogP contribution >= 0.6 is 11.3 Å². The van der Waals surface area contributed by atoms with E-state index in [1.165, 1.54) is 11.3 Å². The summed E-state index contributed by atoms with van der Waals surface area (Å²) < 4.78 is 8.63. The van der Waals surface area contributed by atoms with Crippen molar-refractivity contribution in [1.82, 2.24) is 29.3 Å². The third kappa shape index (κ3) is 5.55. The molecule has 0 radical (unpaired) electrons. The van der Waals surface area contributed by atoms with Crippen LogP contribution in [0.5, 0.6) is 0 Å². The molecule has 0 saturated carbocycles. The molecule has 5 heterocycles. The summed E-state index contributed by atoms with van der Waals surface area (Å²) >= 11 is 1.47. The van der Waals surface area contributed by atoms with Gasteiger partial charge in [-0.2, -0.15) is 10.2 Å². The van der Waals surface area contributed by atoms with E-state index >= 15 is 0 Å². The maximum Gasteiger partial charge on any atom is 0.260 e. The van der Waals surface area contributed by atoms with Crippen LogP contribution in [0.2, 0.25) is 0 Å². The van der Waals surface area contributed by atoms with Crippen LogP contribution in [0, 0.1) is 6.92 Å². The minimum Gasteiger partial charge on any atom is -0.383 e. The minimum atomic E-state index is -0.293. The van der Waals surface area contributed by atoms with Crippen LogP contribution in [-0.4, -0.2) is 73.9 Å². The van der Waals surface area contributed by atoms with E-state index in [4.69, 9.17) is 4.74 Å². The first kappa shape index (κ1) is 25.1. The number of nitrogens with zero attached hydrogens (tertiary/aromatic N) is 6. The molecule has 4 aromatic rings. The molecular formula is C25H30N8O3S. The first-order valence-corrected chi connectivity index (χ1v) is 13.0. The number of fused-ring (bicyclic) bond motifs is 1. The molecular weight excluding hydrogens is 492 g/mol. The highest BCUT2D eigenvalue weighted by atomic mass is 32.1. The Labute approximate surface area is 218 Å². The highest BCUT2D eigenvalue weighted by Gasteiger charge is 2.23. The molecule has 0 aromatic carbocycles. The van der Waals surface area contributed by atoms with Crippen LogP contribution in [0.1, 0.15) is 35.8 Å². The van der Waals surface area contributed by atoms with Gasteiger partial charge in [0, 0.05) is 31.1 Å². The molecule has 194 valence electrons. The number of aryl methyl sites for hydroxylation is 1. The van der Waals surface area contributed by atoms with Gasteiger partial charge in [0.1, 0.15) is 4.83 Å². The number of hydrogen-bond donors (Lipinski definition) is 2. The second kappa shape index (κ2) is 10.8. The lowest BCUT2D eigenvalue weighted by Gasteiger charge is -2.20. The van der Waals surface area contributed by atoms with Gasteiger partial charge < -0.3 is 15.4 Å². The summed E-state index contributed by atoms with van der Waals surface area (Å²) in [6, 6.07) is 2.15. The Bertz CT molecular complexity index is 1420. The highest BCUT2D eigenvalue weighted by Crippen LogP contribution is 2.31. The van der Waals surface area contributed by atoms with E-state index in [1.807, 2.05) is 24.0 Å². The van der Waals surface area contributed by atoms with Crippen molar-refractivity contribution < 1.29 is 14.3 Å². The number of nitrogens with one attached hydrogen (secondary N) is 2. The molecule has 1 saturated heterocycles. The van der Waals surface area contributed by atoms with E-state index < -0.39 is 0 Å². The summed E-state index contributed by atoms with van der Waals surface area (Å²) in [5, 5.41) is 14.6. The fourth-order valence-corrected chi connectivity index (χ4v) is 5.44. The van der Waals surface area contributed by atoms with Gasteiger partial charge in [-0.15, -0.1) is 11.3 Å². The van der Waals surface area contributed by atoms with Crippen molar-refractivity contribution in [2.75, 3.05) is 37.4 Å². The molecule has 0 aliphatic carbocycles. The lowest BCUT2D eigenvalue weighted by atomic mass is 10.2. The second-order valence-electron chi connectivity index (χ2n) is 9.21. The predicted octanol–water partition coefficient (Wildman–Crippen LogP) is 3.28. The lowest BCUT2D eigenvalue weighted by Crippen LogP contribution is -2.35. The fourth-order valence-electron chi connectivity index (χ4n) is 4.40. The normalized spacial score (nSPS) is 15.9. The number of anilines is 2. The number of amides is 2. The van der Waals surface area contributed by atoms with Gasteiger partial charge in [-0.3, -0.25) is 24.2 Å². The summed E-state index contributed by atoms with van der Waals surface area (Å²) in [5.41, 5.74) is 3.14. The van der Waals surface area contributed by atoms with Gasteiger partial charge in [-0.1, -0.05) is 0 Å². The number of ether oxygens (including phenoxy) is 1. The zero-order valence-electron chi connectivity index (χ0n) is 21.1. The number of rotatable bonds is 9.